The SMILES string of the molecule is O=C(Cc1ccccc1)NCC(=O)Nc1nc2c(s1)CCCC2. The molecule has 1 heterocycles. The Labute approximate surface area is 139 Å². The van der Waals surface area contributed by atoms with Crippen molar-refractivity contribution in [3.05, 3.63) is 46.5 Å². The zero-order valence-electron chi connectivity index (χ0n) is 12.8. The fourth-order valence-electron chi connectivity index (χ4n) is 2.59. The zero-order valence-corrected chi connectivity index (χ0v) is 13.6. The lowest BCUT2D eigenvalue weighted by Gasteiger charge is -2.06. The summed E-state index contributed by atoms with van der Waals surface area (Å²) in [7, 11) is 0. The standard InChI is InChI=1S/C17H19N3O2S/c21-15(10-12-6-2-1-3-7-12)18-11-16(22)20-17-19-13-8-4-5-9-14(13)23-17/h1-3,6-7H,4-5,8-11H2,(H,18,21)(H,19,20,22). The van der Waals surface area contributed by atoms with E-state index < -0.39 is 0 Å². The number of nitrogens with zero attached hydrogens (tertiary/aromatic N) is 1. The molecule has 0 atom stereocenters. The second-order valence-corrected chi connectivity index (χ2v) is 6.67. The van der Waals surface area contributed by atoms with Gasteiger partial charge in [0, 0.05) is 4.88 Å². The average molecular weight is 329 g/mol. The summed E-state index contributed by atoms with van der Waals surface area (Å²) in [5.74, 6) is -0.401. The van der Waals surface area contributed by atoms with Gasteiger partial charge in [-0.1, -0.05) is 30.3 Å². The summed E-state index contributed by atoms with van der Waals surface area (Å²) in [4.78, 5) is 29.5. The summed E-state index contributed by atoms with van der Waals surface area (Å²) in [6, 6.07) is 9.46. The normalized spacial score (nSPS) is 13.2. The van der Waals surface area contributed by atoms with Crippen molar-refractivity contribution < 1.29 is 9.59 Å². The van der Waals surface area contributed by atoms with Gasteiger partial charge in [-0.05, 0) is 31.2 Å². The van der Waals surface area contributed by atoms with Crippen LogP contribution in [0.15, 0.2) is 30.3 Å². The molecule has 0 aliphatic heterocycles. The lowest BCUT2D eigenvalue weighted by atomic mass is 10.0. The minimum Gasteiger partial charge on any atom is -0.347 e. The van der Waals surface area contributed by atoms with Crippen LogP contribution in [-0.4, -0.2) is 23.3 Å². The minimum atomic E-state index is -0.238. The Kier molecular flexibility index (Phi) is 5.02. The van der Waals surface area contributed by atoms with Gasteiger partial charge in [0.2, 0.25) is 11.8 Å². The molecule has 0 saturated heterocycles. The molecule has 5 nitrogen and oxygen atoms in total. The molecular formula is C17H19N3O2S. The molecule has 1 aromatic carbocycles. The number of fused-ring (bicyclic) bond motifs is 1. The quantitative estimate of drug-likeness (QED) is 0.884. The number of benzene rings is 1. The van der Waals surface area contributed by atoms with Crippen LogP contribution in [0.4, 0.5) is 5.13 Å². The van der Waals surface area contributed by atoms with Crippen LogP contribution in [0.25, 0.3) is 0 Å². The van der Waals surface area contributed by atoms with E-state index in [1.807, 2.05) is 30.3 Å². The molecular weight excluding hydrogens is 310 g/mol. The summed E-state index contributed by atoms with van der Waals surface area (Å²) < 4.78 is 0. The zero-order chi connectivity index (χ0) is 16.1. The lowest BCUT2D eigenvalue weighted by molar-refractivity contribution is -0.123. The van der Waals surface area contributed by atoms with Gasteiger partial charge in [0.1, 0.15) is 0 Å². The van der Waals surface area contributed by atoms with E-state index >= 15 is 0 Å². The highest BCUT2D eigenvalue weighted by molar-refractivity contribution is 7.15. The molecule has 0 bridgehead atoms. The molecule has 6 heteroatoms. The largest absolute Gasteiger partial charge is 0.347 e. The van der Waals surface area contributed by atoms with Gasteiger partial charge in [-0.2, -0.15) is 0 Å². The molecule has 0 spiro atoms. The van der Waals surface area contributed by atoms with Crippen LogP contribution in [0.1, 0.15) is 29.0 Å². The summed E-state index contributed by atoms with van der Waals surface area (Å²) in [5.41, 5.74) is 2.04. The number of hydrogen-bond donors (Lipinski definition) is 2. The summed E-state index contributed by atoms with van der Waals surface area (Å²) in [6.07, 6.45) is 4.68. The Morgan fingerprint density at radius 3 is 2.65 bits per heavy atom. The van der Waals surface area contributed by atoms with Crippen molar-refractivity contribution >= 4 is 28.3 Å². The first-order chi connectivity index (χ1) is 11.2. The number of anilines is 1. The van der Waals surface area contributed by atoms with Gasteiger partial charge in [-0.15, -0.1) is 11.3 Å². The molecule has 2 aromatic rings. The van der Waals surface area contributed by atoms with Crippen molar-refractivity contribution in [2.24, 2.45) is 0 Å². The first-order valence-corrected chi connectivity index (χ1v) is 8.61. The van der Waals surface area contributed by atoms with Crippen molar-refractivity contribution in [3.63, 3.8) is 0 Å². The van der Waals surface area contributed by atoms with Crippen LogP contribution < -0.4 is 10.6 Å². The monoisotopic (exact) mass is 329 g/mol. The highest BCUT2D eigenvalue weighted by Crippen LogP contribution is 2.29. The molecule has 2 amide bonds. The number of amides is 2. The van der Waals surface area contributed by atoms with Crippen LogP contribution in [0.5, 0.6) is 0 Å². The topological polar surface area (TPSA) is 71.1 Å². The Hall–Kier alpha value is -2.21. The molecule has 23 heavy (non-hydrogen) atoms. The van der Waals surface area contributed by atoms with Crippen molar-refractivity contribution in [3.8, 4) is 0 Å². The molecule has 0 radical (unpaired) electrons. The van der Waals surface area contributed by atoms with Gasteiger partial charge in [-0.3, -0.25) is 9.59 Å². The van der Waals surface area contributed by atoms with E-state index in [1.54, 1.807) is 11.3 Å². The molecule has 1 aliphatic carbocycles. The van der Waals surface area contributed by atoms with Gasteiger partial charge in [0.05, 0.1) is 18.7 Å². The number of aryl methyl sites for hydroxylation is 2. The number of carbonyl (C=O) groups is 2. The molecule has 120 valence electrons. The van der Waals surface area contributed by atoms with E-state index in [1.165, 1.54) is 17.7 Å². The van der Waals surface area contributed by atoms with Crippen molar-refractivity contribution in [1.82, 2.24) is 10.3 Å². The molecule has 0 fully saturated rings. The number of hydrogen-bond acceptors (Lipinski definition) is 4. The third-order valence-corrected chi connectivity index (χ3v) is 4.82. The number of carbonyl (C=O) groups excluding carboxylic acids is 2. The van der Waals surface area contributed by atoms with Crippen LogP contribution in [-0.2, 0) is 28.9 Å². The van der Waals surface area contributed by atoms with Gasteiger partial charge >= 0.3 is 0 Å². The Balaban J connectivity index is 1.46. The van der Waals surface area contributed by atoms with Crippen molar-refractivity contribution in [1.29, 1.82) is 0 Å². The Bertz CT molecular complexity index is 674. The third-order valence-electron chi connectivity index (χ3n) is 3.75. The van der Waals surface area contributed by atoms with E-state index in [0.29, 0.717) is 5.13 Å². The fraction of sp³-hybridized carbons (Fsp3) is 0.353. The van der Waals surface area contributed by atoms with E-state index in [0.717, 1.165) is 24.1 Å². The maximum atomic E-state index is 11.9. The van der Waals surface area contributed by atoms with E-state index in [2.05, 4.69) is 15.6 Å². The highest BCUT2D eigenvalue weighted by atomic mass is 32.1. The first kappa shape index (κ1) is 15.7. The van der Waals surface area contributed by atoms with Crippen LogP contribution in [0, 0.1) is 0 Å². The van der Waals surface area contributed by atoms with Crippen LogP contribution >= 0.6 is 11.3 Å². The number of aromatic nitrogens is 1. The Morgan fingerprint density at radius 1 is 1.09 bits per heavy atom. The molecule has 3 rings (SSSR count). The van der Waals surface area contributed by atoms with Crippen molar-refractivity contribution in [2.45, 2.75) is 32.1 Å². The predicted molar refractivity (Wildman–Crippen MR) is 90.5 cm³/mol. The second-order valence-electron chi connectivity index (χ2n) is 5.58. The summed E-state index contributed by atoms with van der Waals surface area (Å²) in [6.45, 7) is -0.0318. The highest BCUT2D eigenvalue weighted by Gasteiger charge is 2.16. The average Bonchev–Trinajstić information content (AvgIpc) is 2.96. The van der Waals surface area contributed by atoms with E-state index in [4.69, 9.17) is 0 Å². The summed E-state index contributed by atoms with van der Waals surface area (Å²) in [5, 5.41) is 6.05. The number of nitrogens with one attached hydrogen (secondary N) is 2. The van der Waals surface area contributed by atoms with Gasteiger partial charge < -0.3 is 10.6 Å². The van der Waals surface area contributed by atoms with Gasteiger partial charge in [0.25, 0.3) is 0 Å². The first-order valence-electron chi connectivity index (χ1n) is 7.80. The molecule has 2 N–H and O–H groups in total. The van der Waals surface area contributed by atoms with Gasteiger partial charge in [0.15, 0.2) is 5.13 Å². The molecule has 1 aliphatic rings. The lowest BCUT2D eigenvalue weighted by Crippen LogP contribution is -2.33. The predicted octanol–water partition coefficient (Wildman–Crippen LogP) is 2.32. The molecule has 0 saturated carbocycles. The Morgan fingerprint density at radius 2 is 1.87 bits per heavy atom. The molecule has 1 aromatic heterocycles. The van der Waals surface area contributed by atoms with E-state index in [9.17, 15) is 9.59 Å². The molecule has 0 unspecified atom stereocenters. The second kappa shape index (κ2) is 7.37. The van der Waals surface area contributed by atoms with E-state index in [-0.39, 0.29) is 24.8 Å². The maximum Gasteiger partial charge on any atom is 0.245 e. The van der Waals surface area contributed by atoms with Crippen molar-refractivity contribution in [2.75, 3.05) is 11.9 Å². The number of thiazole rings is 1. The smallest absolute Gasteiger partial charge is 0.245 e. The van der Waals surface area contributed by atoms with Gasteiger partial charge in [-0.25, -0.2) is 4.98 Å². The fourth-order valence-corrected chi connectivity index (χ4v) is 3.66. The maximum absolute atomic E-state index is 11.9. The minimum absolute atomic E-state index is 0.0318. The van der Waals surface area contributed by atoms with Crippen LogP contribution in [0.3, 0.4) is 0 Å². The third kappa shape index (κ3) is 4.39. The summed E-state index contributed by atoms with van der Waals surface area (Å²) >= 11 is 1.54. The van der Waals surface area contributed by atoms with Crippen LogP contribution in [0.2, 0.25) is 0 Å². The number of rotatable bonds is 5.